The molecule has 1 amide bonds. The third-order valence-corrected chi connectivity index (χ3v) is 3.49. The lowest BCUT2D eigenvalue weighted by atomic mass is 10.0. The Balaban J connectivity index is 2.96. The number of amides is 1. The van der Waals surface area contributed by atoms with Crippen LogP contribution in [0.1, 0.15) is 49.5 Å². The Morgan fingerprint density at radius 1 is 1.24 bits per heavy atom. The molecule has 0 spiro atoms. The molecule has 0 heterocycles. The SMILES string of the molecule is CCCCOC(=O)[C@H](NC(=O)c1cc(C(F)(F)F)ccc1F)C(C)C. The molecule has 1 aromatic carbocycles. The van der Waals surface area contributed by atoms with Gasteiger partial charge < -0.3 is 10.1 Å². The van der Waals surface area contributed by atoms with Crippen molar-refractivity contribution in [3.63, 3.8) is 0 Å². The number of nitrogens with one attached hydrogen (secondary N) is 1. The number of esters is 1. The molecule has 140 valence electrons. The number of hydrogen-bond acceptors (Lipinski definition) is 3. The fourth-order valence-electron chi connectivity index (χ4n) is 2.00. The van der Waals surface area contributed by atoms with E-state index in [-0.39, 0.29) is 12.5 Å². The monoisotopic (exact) mass is 363 g/mol. The van der Waals surface area contributed by atoms with Crippen LogP contribution < -0.4 is 5.32 Å². The second-order valence-corrected chi connectivity index (χ2v) is 5.91. The first kappa shape index (κ1) is 20.9. The van der Waals surface area contributed by atoms with Crippen LogP contribution in [-0.2, 0) is 15.7 Å². The number of unbranched alkanes of at least 4 members (excludes halogenated alkanes) is 1. The Morgan fingerprint density at radius 2 is 1.88 bits per heavy atom. The lowest BCUT2D eigenvalue weighted by molar-refractivity contribution is -0.147. The molecular weight excluding hydrogens is 342 g/mol. The van der Waals surface area contributed by atoms with E-state index in [2.05, 4.69) is 5.32 Å². The number of carbonyl (C=O) groups excluding carboxylic acids is 2. The molecule has 0 saturated heterocycles. The molecule has 1 atom stereocenters. The van der Waals surface area contributed by atoms with Gasteiger partial charge in [0.25, 0.3) is 5.91 Å². The minimum absolute atomic E-state index is 0.173. The van der Waals surface area contributed by atoms with Crippen molar-refractivity contribution in [2.24, 2.45) is 5.92 Å². The van der Waals surface area contributed by atoms with Crippen molar-refractivity contribution >= 4 is 11.9 Å². The molecule has 0 aliphatic carbocycles. The number of rotatable bonds is 7. The molecule has 0 fully saturated rings. The second-order valence-electron chi connectivity index (χ2n) is 5.91. The largest absolute Gasteiger partial charge is 0.464 e. The Morgan fingerprint density at radius 3 is 2.40 bits per heavy atom. The molecule has 1 N–H and O–H groups in total. The van der Waals surface area contributed by atoms with E-state index in [1.165, 1.54) is 0 Å². The van der Waals surface area contributed by atoms with E-state index in [1.54, 1.807) is 13.8 Å². The van der Waals surface area contributed by atoms with Crippen molar-refractivity contribution in [1.82, 2.24) is 5.32 Å². The summed E-state index contributed by atoms with van der Waals surface area (Å²) in [4.78, 5) is 24.2. The van der Waals surface area contributed by atoms with E-state index in [4.69, 9.17) is 4.74 Å². The van der Waals surface area contributed by atoms with Gasteiger partial charge in [0.1, 0.15) is 11.9 Å². The fraction of sp³-hybridized carbons (Fsp3) is 0.529. The maximum atomic E-state index is 13.8. The summed E-state index contributed by atoms with van der Waals surface area (Å²) in [6.07, 6.45) is -3.26. The second kappa shape index (κ2) is 8.82. The molecule has 1 rings (SSSR count). The summed E-state index contributed by atoms with van der Waals surface area (Å²) >= 11 is 0. The molecule has 8 heteroatoms. The van der Waals surface area contributed by atoms with Crippen LogP contribution >= 0.6 is 0 Å². The van der Waals surface area contributed by atoms with Gasteiger partial charge in [0.2, 0.25) is 0 Å². The van der Waals surface area contributed by atoms with Gasteiger partial charge in [-0.2, -0.15) is 13.2 Å². The first-order chi connectivity index (χ1) is 11.6. The van der Waals surface area contributed by atoms with Gasteiger partial charge in [-0.15, -0.1) is 0 Å². The summed E-state index contributed by atoms with van der Waals surface area (Å²) in [6.45, 7) is 5.35. The van der Waals surface area contributed by atoms with Gasteiger partial charge in [-0.3, -0.25) is 4.79 Å². The van der Waals surface area contributed by atoms with Gasteiger partial charge in [-0.1, -0.05) is 27.2 Å². The van der Waals surface area contributed by atoms with Crippen LogP contribution in [0.3, 0.4) is 0 Å². The van der Waals surface area contributed by atoms with Gasteiger partial charge in [-0.25, -0.2) is 9.18 Å². The van der Waals surface area contributed by atoms with Crippen molar-refractivity contribution < 1.29 is 31.9 Å². The van der Waals surface area contributed by atoms with Crippen LogP contribution in [0.2, 0.25) is 0 Å². The summed E-state index contributed by atoms with van der Waals surface area (Å²) in [5, 5.41) is 2.26. The van der Waals surface area contributed by atoms with Crippen LogP contribution in [0, 0.1) is 11.7 Å². The van der Waals surface area contributed by atoms with Crippen molar-refractivity contribution in [2.75, 3.05) is 6.61 Å². The number of halogens is 4. The highest BCUT2D eigenvalue weighted by Gasteiger charge is 2.33. The Kier molecular flexibility index (Phi) is 7.38. The summed E-state index contributed by atoms with van der Waals surface area (Å²) < 4.78 is 57.0. The van der Waals surface area contributed by atoms with Crippen molar-refractivity contribution in [3.05, 3.63) is 35.1 Å². The van der Waals surface area contributed by atoms with Crippen molar-refractivity contribution in [3.8, 4) is 0 Å². The lowest BCUT2D eigenvalue weighted by Crippen LogP contribution is -2.45. The van der Waals surface area contributed by atoms with E-state index in [0.29, 0.717) is 24.6 Å². The smallest absolute Gasteiger partial charge is 0.416 e. The molecule has 1 aromatic rings. The molecule has 0 aromatic heterocycles. The van der Waals surface area contributed by atoms with E-state index in [1.807, 2.05) is 6.92 Å². The van der Waals surface area contributed by atoms with E-state index < -0.39 is 41.0 Å². The van der Waals surface area contributed by atoms with Gasteiger partial charge >= 0.3 is 12.1 Å². The van der Waals surface area contributed by atoms with Crippen LogP contribution in [0.5, 0.6) is 0 Å². The highest BCUT2D eigenvalue weighted by Crippen LogP contribution is 2.30. The maximum Gasteiger partial charge on any atom is 0.416 e. The number of alkyl halides is 3. The average Bonchev–Trinajstić information content (AvgIpc) is 2.51. The maximum absolute atomic E-state index is 13.8. The molecule has 0 aliphatic rings. The zero-order valence-electron chi connectivity index (χ0n) is 14.2. The fourth-order valence-corrected chi connectivity index (χ4v) is 2.00. The minimum Gasteiger partial charge on any atom is -0.464 e. The first-order valence-corrected chi connectivity index (χ1v) is 7.92. The molecule has 0 radical (unpaired) electrons. The van der Waals surface area contributed by atoms with E-state index in [0.717, 1.165) is 6.42 Å². The Hall–Kier alpha value is -2.12. The van der Waals surface area contributed by atoms with Crippen LogP contribution in [0.4, 0.5) is 17.6 Å². The highest BCUT2D eigenvalue weighted by molar-refractivity contribution is 5.97. The van der Waals surface area contributed by atoms with Gasteiger partial charge in [-0.05, 0) is 30.5 Å². The quantitative estimate of drug-likeness (QED) is 0.454. The minimum atomic E-state index is -4.71. The first-order valence-electron chi connectivity index (χ1n) is 7.92. The topological polar surface area (TPSA) is 55.4 Å². The predicted molar refractivity (Wildman–Crippen MR) is 83.4 cm³/mol. The van der Waals surface area contributed by atoms with E-state index in [9.17, 15) is 27.2 Å². The summed E-state index contributed by atoms with van der Waals surface area (Å²) in [7, 11) is 0. The molecule has 0 saturated carbocycles. The summed E-state index contributed by atoms with van der Waals surface area (Å²) in [5.41, 5.74) is -1.92. The zero-order chi connectivity index (χ0) is 19.2. The zero-order valence-corrected chi connectivity index (χ0v) is 14.2. The Labute approximate surface area is 143 Å². The third kappa shape index (κ3) is 6.03. The summed E-state index contributed by atoms with van der Waals surface area (Å²) in [5.74, 6) is -3.29. The molecule has 4 nitrogen and oxygen atoms in total. The van der Waals surface area contributed by atoms with Crippen molar-refractivity contribution in [1.29, 1.82) is 0 Å². The average molecular weight is 363 g/mol. The predicted octanol–water partition coefficient (Wildman–Crippen LogP) is 3.94. The number of ether oxygens (including phenoxy) is 1. The lowest BCUT2D eigenvalue weighted by Gasteiger charge is -2.21. The highest BCUT2D eigenvalue weighted by atomic mass is 19.4. The molecule has 0 unspecified atom stereocenters. The van der Waals surface area contributed by atoms with Gasteiger partial charge in [0.05, 0.1) is 17.7 Å². The van der Waals surface area contributed by atoms with E-state index >= 15 is 0 Å². The number of carbonyl (C=O) groups is 2. The number of hydrogen-bond donors (Lipinski definition) is 1. The van der Waals surface area contributed by atoms with Crippen LogP contribution in [-0.4, -0.2) is 24.5 Å². The third-order valence-electron chi connectivity index (χ3n) is 3.49. The molecule has 25 heavy (non-hydrogen) atoms. The van der Waals surface area contributed by atoms with Gasteiger partial charge in [0, 0.05) is 0 Å². The van der Waals surface area contributed by atoms with Gasteiger partial charge in [0.15, 0.2) is 0 Å². The molecular formula is C17H21F4NO3. The van der Waals surface area contributed by atoms with Crippen molar-refractivity contribution in [2.45, 2.75) is 45.8 Å². The molecule has 0 bridgehead atoms. The van der Waals surface area contributed by atoms with Crippen LogP contribution in [0.25, 0.3) is 0 Å². The Bertz CT molecular complexity index is 614. The standard InChI is InChI=1S/C17H21F4NO3/c1-4-5-8-25-16(24)14(10(2)3)22-15(23)12-9-11(17(19,20)21)6-7-13(12)18/h6-7,9-10,14H,4-5,8H2,1-3H3,(H,22,23)/t14-/m1/s1. The normalized spacial score (nSPS) is 12.8. The molecule has 0 aliphatic heterocycles. The summed E-state index contributed by atoms with van der Waals surface area (Å²) in [6, 6.07) is 0.454. The number of benzene rings is 1. The van der Waals surface area contributed by atoms with Crippen LogP contribution in [0.15, 0.2) is 18.2 Å².